The molecule has 1 heterocycles. The molecule has 0 atom stereocenters. The van der Waals surface area contributed by atoms with Crippen LogP contribution in [0, 0.1) is 0 Å². The van der Waals surface area contributed by atoms with Crippen LogP contribution in [0.4, 0.5) is 8.39 Å². The van der Waals surface area contributed by atoms with Crippen LogP contribution < -0.4 is 18.9 Å². The van der Waals surface area contributed by atoms with Crippen molar-refractivity contribution in [3.63, 3.8) is 0 Å². The molecule has 0 aromatic rings. The van der Waals surface area contributed by atoms with E-state index in [1.165, 1.54) is 0 Å². The van der Waals surface area contributed by atoms with E-state index in [2.05, 4.69) is 9.05 Å². The van der Waals surface area contributed by atoms with Crippen molar-refractivity contribution in [1.82, 2.24) is 0 Å². The maximum Gasteiger partial charge on any atom is 1.00 e. The average Bonchev–Trinajstić information content (AvgIpc) is 1.79. The smallest absolute Gasteiger partial charge is 0.233 e. The van der Waals surface area contributed by atoms with Crippen LogP contribution in [0.1, 0.15) is 0 Å². The standard InChI is InChI=1S/C2F2O4P.Li/c3-9(4)7-1(5)2(6)8-9;/q2*+1. The number of halogens is 2. The predicted molar refractivity (Wildman–Crippen MR) is 21.3 cm³/mol. The van der Waals surface area contributed by atoms with Crippen molar-refractivity contribution in [2.45, 2.75) is 0 Å². The van der Waals surface area contributed by atoms with Crippen LogP contribution in [0.5, 0.6) is 0 Å². The second-order valence-electron chi connectivity index (χ2n) is 1.17. The zero-order valence-corrected chi connectivity index (χ0v) is 5.73. The van der Waals surface area contributed by atoms with Gasteiger partial charge in [-0.05, 0) is 0 Å². The molecule has 1 fully saturated rings. The largest absolute Gasteiger partial charge is 1.00 e. The molecule has 1 aliphatic heterocycles. The van der Waals surface area contributed by atoms with Gasteiger partial charge in [0.15, 0.2) is 0 Å². The number of hydrogen-bond donors (Lipinski definition) is 0. The normalized spacial score (nSPS) is 21.0. The first-order valence-corrected chi connectivity index (χ1v) is 3.18. The molecule has 0 N–H and O–H groups in total. The maximum atomic E-state index is 11.7. The Morgan fingerprint density at radius 2 is 1.40 bits per heavy atom. The summed E-state index contributed by atoms with van der Waals surface area (Å²) in [5.74, 6) is -3.23. The molecule has 50 valence electrons. The van der Waals surface area contributed by atoms with Crippen molar-refractivity contribution >= 4 is 20.3 Å². The summed E-state index contributed by atoms with van der Waals surface area (Å²) in [5, 5.41) is 0. The van der Waals surface area contributed by atoms with E-state index in [1.54, 1.807) is 0 Å². The summed E-state index contributed by atoms with van der Waals surface area (Å²) in [6.45, 7) is 0. The van der Waals surface area contributed by atoms with Gasteiger partial charge in [-0.25, -0.2) is 9.59 Å². The van der Waals surface area contributed by atoms with Crippen molar-refractivity contribution in [1.29, 1.82) is 0 Å². The third-order valence-electron chi connectivity index (χ3n) is 0.545. The zero-order chi connectivity index (χ0) is 7.07. The Morgan fingerprint density at radius 3 is 1.50 bits per heavy atom. The summed E-state index contributed by atoms with van der Waals surface area (Å²) >= 11 is 0. The van der Waals surface area contributed by atoms with Gasteiger partial charge in [0.2, 0.25) is 0 Å². The topological polar surface area (TPSA) is 52.6 Å². The van der Waals surface area contributed by atoms with E-state index < -0.39 is 20.3 Å². The van der Waals surface area contributed by atoms with Crippen LogP contribution in [0.2, 0.25) is 0 Å². The van der Waals surface area contributed by atoms with E-state index in [4.69, 9.17) is 0 Å². The molecule has 0 unspecified atom stereocenters. The Balaban J connectivity index is 0.000000810. The Kier molecular flexibility index (Phi) is 2.78. The van der Waals surface area contributed by atoms with Gasteiger partial charge in [-0.15, -0.1) is 0 Å². The Labute approximate surface area is 66.8 Å². The SMILES string of the molecule is O=C1O[P+](F)(F)OC1=O.[Li+]. The summed E-state index contributed by atoms with van der Waals surface area (Å²) in [7, 11) is -5.10. The number of carbonyl (C=O) groups excluding carboxylic acids is 2. The maximum absolute atomic E-state index is 11.7. The van der Waals surface area contributed by atoms with Gasteiger partial charge in [0.1, 0.15) is 0 Å². The van der Waals surface area contributed by atoms with E-state index in [1.807, 2.05) is 0 Å². The minimum atomic E-state index is -5.10. The van der Waals surface area contributed by atoms with Crippen LogP contribution in [0.25, 0.3) is 0 Å². The van der Waals surface area contributed by atoms with Crippen LogP contribution in [0.3, 0.4) is 0 Å². The first kappa shape index (κ1) is 9.83. The second kappa shape index (κ2) is 2.83. The molecule has 4 nitrogen and oxygen atoms in total. The van der Waals surface area contributed by atoms with Gasteiger partial charge in [0.05, 0.1) is 8.39 Å². The molecule has 0 aromatic heterocycles. The molecule has 0 radical (unpaired) electrons. The van der Waals surface area contributed by atoms with Gasteiger partial charge < -0.3 is 0 Å². The van der Waals surface area contributed by atoms with Crippen molar-refractivity contribution in [3.05, 3.63) is 0 Å². The van der Waals surface area contributed by atoms with E-state index >= 15 is 0 Å². The Morgan fingerprint density at radius 1 is 1.10 bits per heavy atom. The third-order valence-corrected chi connectivity index (χ3v) is 1.30. The fourth-order valence-electron chi connectivity index (χ4n) is 0.286. The predicted octanol–water partition coefficient (Wildman–Crippen LogP) is -2.29. The second-order valence-corrected chi connectivity index (χ2v) is 2.37. The summed E-state index contributed by atoms with van der Waals surface area (Å²) < 4.78 is 29.8. The zero-order valence-electron chi connectivity index (χ0n) is 4.84. The quantitative estimate of drug-likeness (QED) is 0.229. The fourth-order valence-corrected chi connectivity index (χ4v) is 0.859. The van der Waals surface area contributed by atoms with Crippen LogP contribution in [-0.2, 0) is 18.6 Å². The van der Waals surface area contributed by atoms with Crippen molar-refractivity contribution in [2.24, 2.45) is 0 Å². The molecule has 1 saturated heterocycles. The first-order chi connectivity index (χ1) is 4.01. The van der Waals surface area contributed by atoms with Gasteiger partial charge in [-0.3, -0.25) is 0 Å². The summed E-state index contributed by atoms with van der Waals surface area (Å²) in [5.41, 5.74) is 0. The molecule has 0 amide bonds. The van der Waals surface area contributed by atoms with E-state index in [-0.39, 0.29) is 18.9 Å². The number of rotatable bonds is 0. The Hall–Kier alpha value is -0.173. The molecule has 0 aromatic carbocycles. The van der Waals surface area contributed by atoms with Crippen molar-refractivity contribution in [3.8, 4) is 0 Å². The van der Waals surface area contributed by atoms with E-state index in [0.717, 1.165) is 0 Å². The minimum Gasteiger partial charge on any atom is -0.233 e. The van der Waals surface area contributed by atoms with Gasteiger partial charge in [0, 0.05) is 0 Å². The van der Waals surface area contributed by atoms with Crippen LogP contribution in [-0.4, -0.2) is 11.9 Å². The van der Waals surface area contributed by atoms with Gasteiger partial charge in [-0.1, -0.05) is 0 Å². The molecule has 1 aliphatic rings. The third kappa shape index (κ3) is 1.91. The number of carbonyl (C=O) groups is 2. The van der Waals surface area contributed by atoms with Gasteiger partial charge in [0.25, 0.3) is 0 Å². The molecule has 0 saturated carbocycles. The van der Waals surface area contributed by atoms with E-state index in [0.29, 0.717) is 0 Å². The summed E-state index contributed by atoms with van der Waals surface area (Å²) in [6.07, 6.45) is 0. The summed E-state index contributed by atoms with van der Waals surface area (Å²) in [4.78, 5) is 19.7. The summed E-state index contributed by atoms with van der Waals surface area (Å²) in [6, 6.07) is 0. The molecule has 0 spiro atoms. The molecule has 1 rings (SSSR count). The fraction of sp³-hybridized carbons (Fsp3) is 0. The molecular weight excluding hydrogens is 164 g/mol. The molecule has 8 heteroatoms. The Bertz CT molecular complexity index is 164. The monoisotopic (exact) mass is 164 g/mol. The molecule has 10 heavy (non-hydrogen) atoms. The van der Waals surface area contributed by atoms with E-state index in [9.17, 15) is 18.0 Å². The van der Waals surface area contributed by atoms with Gasteiger partial charge in [-0.2, -0.15) is 9.05 Å². The average molecular weight is 164 g/mol. The molecule has 0 aliphatic carbocycles. The minimum absolute atomic E-state index is 0. The van der Waals surface area contributed by atoms with Crippen molar-refractivity contribution in [2.75, 3.05) is 0 Å². The van der Waals surface area contributed by atoms with Gasteiger partial charge >= 0.3 is 39.1 Å². The number of hydrogen-bond acceptors (Lipinski definition) is 4. The van der Waals surface area contributed by atoms with Crippen LogP contribution >= 0.6 is 8.34 Å². The first-order valence-electron chi connectivity index (χ1n) is 1.77. The van der Waals surface area contributed by atoms with Crippen molar-refractivity contribution < 1.29 is 45.9 Å². The molecular formula is C2F2LiO4P+2. The van der Waals surface area contributed by atoms with Crippen LogP contribution in [0.15, 0.2) is 0 Å². The molecule has 0 bridgehead atoms.